The van der Waals surface area contributed by atoms with Crippen LogP contribution in [0, 0.1) is 5.82 Å². The van der Waals surface area contributed by atoms with Crippen LogP contribution in [0.3, 0.4) is 0 Å². The van der Waals surface area contributed by atoms with Gasteiger partial charge in [-0.25, -0.2) is 4.39 Å². The summed E-state index contributed by atoms with van der Waals surface area (Å²) < 4.78 is 18.5. The van der Waals surface area contributed by atoms with E-state index < -0.39 is 5.82 Å². The van der Waals surface area contributed by atoms with Crippen molar-refractivity contribution in [1.29, 1.82) is 0 Å². The van der Waals surface area contributed by atoms with Crippen LogP contribution in [0.4, 0.5) is 4.39 Å². The summed E-state index contributed by atoms with van der Waals surface area (Å²) in [6.45, 7) is 0.381. The molecule has 0 aliphatic carbocycles. The van der Waals surface area contributed by atoms with Gasteiger partial charge in [-0.2, -0.15) is 0 Å². The molecule has 2 N–H and O–H groups in total. The van der Waals surface area contributed by atoms with Crippen molar-refractivity contribution in [1.82, 2.24) is 0 Å². The molecular formula is C10H10FNO2. The minimum absolute atomic E-state index is 0.0664. The van der Waals surface area contributed by atoms with Gasteiger partial charge in [0.2, 0.25) is 0 Å². The van der Waals surface area contributed by atoms with Gasteiger partial charge in [0.1, 0.15) is 11.6 Å². The number of hydrogen-bond acceptors (Lipinski definition) is 3. The van der Waals surface area contributed by atoms with Crippen LogP contribution in [0.25, 0.3) is 0 Å². The Balaban J connectivity index is 2.47. The number of nitrogens with two attached hydrogens (primary N) is 1. The van der Waals surface area contributed by atoms with Crippen LogP contribution >= 0.6 is 0 Å². The zero-order chi connectivity index (χ0) is 10.1. The number of rotatable bonds is 2. The predicted molar refractivity (Wildman–Crippen MR) is 49.0 cm³/mol. The lowest BCUT2D eigenvalue weighted by Gasteiger charge is -2.03. The maximum Gasteiger partial charge on any atom is 0.179 e. The molecule has 1 aromatic rings. The monoisotopic (exact) mass is 195 g/mol. The summed E-state index contributed by atoms with van der Waals surface area (Å²) in [5.74, 6) is -0.394. The summed E-state index contributed by atoms with van der Waals surface area (Å²) in [6, 6.07) is 2.79. The highest BCUT2D eigenvalue weighted by Crippen LogP contribution is 2.28. The van der Waals surface area contributed by atoms with E-state index in [1.165, 1.54) is 12.1 Å². The molecule has 1 heterocycles. The molecule has 0 fully saturated rings. The Morgan fingerprint density at radius 2 is 2.36 bits per heavy atom. The Hall–Kier alpha value is -1.42. The first-order chi connectivity index (χ1) is 6.72. The zero-order valence-electron chi connectivity index (χ0n) is 7.55. The molecular weight excluding hydrogens is 185 g/mol. The number of benzene rings is 1. The van der Waals surface area contributed by atoms with Gasteiger partial charge in [-0.1, -0.05) is 0 Å². The lowest BCUT2D eigenvalue weighted by Crippen LogP contribution is -2.15. The van der Waals surface area contributed by atoms with Crippen LogP contribution in [0.1, 0.15) is 15.9 Å². The fourth-order valence-corrected chi connectivity index (χ4v) is 1.52. The normalized spacial score (nSPS) is 13.6. The number of hydrogen-bond donors (Lipinski definition) is 1. The molecule has 0 radical (unpaired) electrons. The van der Waals surface area contributed by atoms with E-state index in [0.717, 1.165) is 12.0 Å². The molecule has 1 aliphatic rings. The fourth-order valence-electron chi connectivity index (χ4n) is 1.52. The number of Topliss-reactive ketones (excluding diaryl/α,β-unsaturated/α-hetero) is 1. The number of fused-ring (bicyclic) bond motifs is 1. The second-order valence-electron chi connectivity index (χ2n) is 3.17. The van der Waals surface area contributed by atoms with Crippen LogP contribution in [0.5, 0.6) is 5.75 Å². The summed E-state index contributed by atoms with van der Waals surface area (Å²) in [5, 5.41) is 0. The summed E-state index contributed by atoms with van der Waals surface area (Å²) in [5.41, 5.74) is 6.12. The molecule has 0 saturated carbocycles. The molecule has 0 bridgehead atoms. The van der Waals surface area contributed by atoms with Gasteiger partial charge in [-0.05, 0) is 11.6 Å². The third kappa shape index (κ3) is 1.37. The van der Waals surface area contributed by atoms with Crippen molar-refractivity contribution in [2.24, 2.45) is 5.73 Å². The van der Waals surface area contributed by atoms with Crippen molar-refractivity contribution < 1.29 is 13.9 Å². The lowest BCUT2D eigenvalue weighted by atomic mass is 10.0. The van der Waals surface area contributed by atoms with Gasteiger partial charge in [0, 0.05) is 12.5 Å². The molecule has 0 amide bonds. The molecule has 0 aromatic heterocycles. The van der Waals surface area contributed by atoms with E-state index in [0.29, 0.717) is 12.4 Å². The van der Waals surface area contributed by atoms with Crippen LogP contribution in [-0.4, -0.2) is 18.9 Å². The number of halogens is 1. The predicted octanol–water partition coefficient (Wildman–Crippen LogP) is 0.902. The van der Waals surface area contributed by atoms with Gasteiger partial charge < -0.3 is 10.5 Å². The van der Waals surface area contributed by atoms with E-state index >= 15 is 0 Å². The van der Waals surface area contributed by atoms with Gasteiger partial charge in [0.05, 0.1) is 18.7 Å². The highest BCUT2D eigenvalue weighted by Gasteiger charge is 2.18. The van der Waals surface area contributed by atoms with Crippen molar-refractivity contribution in [2.45, 2.75) is 6.42 Å². The third-order valence-electron chi connectivity index (χ3n) is 2.26. The number of carbonyl (C=O) groups excluding carboxylic acids is 1. The molecule has 0 atom stereocenters. The topological polar surface area (TPSA) is 52.3 Å². The van der Waals surface area contributed by atoms with Gasteiger partial charge in [-0.15, -0.1) is 0 Å². The van der Waals surface area contributed by atoms with Crippen molar-refractivity contribution in [3.63, 3.8) is 0 Å². The summed E-state index contributed by atoms with van der Waals surface area (Å²) in [4.78, 5) is 11.2. The molecule has 0 unspecified atom stereocenters. The van der Waals surface area contributed by atoms with Crippen LogP contribution in [0.2, 0.25) is 0 Å². The van der Waals surface area contributed by atoms with E-state index in [1.807, 2.05) is 0 Å². The quantitative estimate of drug-likeness (QED) is 0.713. The maximum atomic E-state index is 13.3. The van der Waals surface area contributed by atoms with Crippen LogP contribution in [-0.2, 0) is 6.42 Å². The minimum Gasteiger partial charge on any atom is -0.493 e. The Bertz CT molecular complexity index is 390. The minimum atomic E-state index is -0.555. The average Bonchev–Trinajstić information content (AvgIpc) is 2.62. The van der Waals surface area contributed by atoms with Gasteiger partial charge in [-0.3, -0.25) is 4.79 Å². The van der Waals surface area contributed by atoms with E-state index in [1.54, 1.807) is 0 Å². The number of carbonyl (C=O) groups is 1. The zero-order valence-corrected chi connectivity index (χ0v) is 7.55. The van der Waals surface area contributed by atoms with E-state index in [4.69, 9.17) is 10.5 Å². The molecule has 3 nitrogen and oxygen atoms in total. The van der Waals surface area contributed by atoms with Crippen molar-refractivity contribution in [2.75, 3.05) is 13.2 Å². The highest BCUT2D eigenvalue weighted by atomic mass is 19.1. The van der Waals surface area contributed by atoms with Crippen LogP contribution < -0.4 is 10.5 Å². The van der Waals surface area contributed by atoms with Crippen molar-refractivity contribution >= 4 is 5.78 Å². The molecule has 74 valence electrons. The fraction of sp³-hybridized carbons (Fsp3) is 0.300. The number of ketones is 1. The van der Waals surface area contributed by atoms with Crippen LogP contribution in [0.15, 0.2) is 12.1 Å². The van der Waals surface area contributed by atoms with Gasteiger partial charge >= 0.3 is 0 Å². The summed E-state index contributed by atoms with van der Waals surface area (Å²) >= 11 is 0. The Morgan fingerprint density at radius 3 is 3.07 bits per heavy atom. The molecule has 0 spiro atoms. The first kappa shape index (κ1) is 9.15. The molecule has 2 rings (SSSR count). The second kappa shape index (κ2) is 3.38. The highest BCUT2D eigenvalue weighted by molar-refractivity contribution is 5.98. The standard InChI is InChI=1S/C10H10FNO2/c11-8-4-10-6(1-2-14-10)3-7(8)9(13)5-12/h3-4H,1-2,5,12H2. The Morgan fingerprint density at radius 1 is 1.57 bits per heavy atom. The van der Waals surface area contributed by atoms with Crippen molar-refractivity contribution in [3.8, 4) is 5.75 Å². The lowest BCUT2D eigenvalue weighted by molar-refractivity contribution is 0.0997. The molecule has 0 saturated heterocycles. The molecule has 4 heteroatoms. The third-order valence-corrected chi connectivity index (χ3v) is 2.26. The Labute approximate surface area is 80.7 Å². The van der Waals surface area contributed by atoms with Gasteiger partial charge in [0.25, 0.3) is 0 Å². The van der Waals surface area contributed by atoms with E-state index in [2.05, 4.69) is 0 Å². The SMILES string of the molecule is NCC(=O)c1cc2c(cc1F)OCC2. The summed E-state index contributed by atoms with van der Waals surface area (Å²) in [6.07, 6.45) is 0.723. The Kier molecular flexibility index (Phi) is 2.21. The van der Waals surface area contributed by atoms with Crippen molar-refractivity contribution in [3.05, 3.63) is 29.1 Å². The number of ether oxygens (including phenoxy) is 1. The summed E-state index contributed by atoms with van der Waals surface area (Å²) in [7, 11) is 0. The molecule has 1 aromatic carbocycles. The first-order valence-corrected chi connectivity index (χ1v) is 4.41. The first-order valence-electron chi connectivity index (χ1n) is 4.41. The molecule has 14 heavy (non-hydrogen) atoms. The van der Waals surface area contributed by atoms with Gasteiger partial charge in [0.15, 0.2) is 5.78 Å². The van der Waals surface area contributed by atoms with E-state index in [-0.39, 0.29) is 17.9 Å². The molecule has 1 aliphatic heterocycles. The largest absolute Gasteiger partial charge is 0.493 e. The maximum absolute atomic E-state index is 13.3. The second-order valence-corrected chi connectivity index (χ2v) is 3.17. The van der Waals surface area contributed by atoms with E-state index in [9.17, 15) is 9.18 Å². The smallest absolute Gasteiger partial charge is 0.179 e. The average molecular weight is 195 g/mol.